The molecule has 6 nitrogen and oxygen atoms in total. The Kier molecular flexibility index (Phi) is 5.28. The van der Waals surface area contributed by atoms with Crippen molar-refractivity contribution in [1.29, 1.82) is 0 Å². The second-order valence-corrected chi connectivity index (χ2v) is 5.66. The number of carbonyl (C=O) groups is 1. The van der Waals surface area contributed by atoms with Gasteiger partial charge in [-0.05, 0) is 36.4 Å². The molecule has 0 fully saturated rings. The maximum Gasteiger partial charge on any atom is 0.262 e. The van der Waals surface area contributed by atoms with E-state index in [1.54, 1.807) is 14.2 Å². The van der Waals surface area contributed by atoms with Crippen LogP contribution in [0.15, 0.2) is 48.5 Å². The zero-order valence-electron chi connectivity index (χ0n) is 14.4. The summed E-state index contributed by atoms with van der Waals surface area (Å²) >= 11 is 0. The summed E-state index contributed by atoms with van der Waals surface area (Å²) in [6.45, 7) is 1.64. The van der Waals surface area contributed by atoms with Gasteiger partial charge < -0.3 is 24.4 Å². The Labute approximate surface area is 147 Å². The molecule has 0 aliphatic carbocycles. The minimum absolute atomic E-state index is 0.129. The molecule has 2 aromatic rings. The predicted octanol–water partition coefficient (Wildman–Crippen LogP) is 2.09. The number of fused-ring (bicyclic) bond motifs is 1. The van der Waals surface area contributed by atoms with E-state index in [-0.39, 0.29) is 5.91 Å². The number of hydrogen-bond donors (Lipinski definition) is 1. The Morgan fingerprint density at radius 1 is 1.20 bits per heavy atom. The van der Waals surface area contributed by atoms with Gasteiger partial charge in [0.2, 0.25) is 0 Å². The van der Waals surface area contributed by atoms with Crippen LogP contribution in [0.4, 0.5) is 5.69 Å². The Hall–Kier alpha value is -2.89. The van der Waals surface area contributed by atoms with Crippen molar-refractivity contribution in [1.82, 2.24) is 5.32 Å². The molecule has 1 amide bonds. The van der Waals surface area contributed by atoms with Gasteiger partial charge in [-0.25, -0.2) is 0 Å². The first-order valence-corrected chi connectivity index (χ1v) is 8.20. The van der Waals surface area contributed by atoms with Gasteiger partial charge in [0.15, 0.2) is 6.10 Å². The van der Waals surface area contributed by atoms with Crippen molar-refractivity contribution in [2.75, 3.05) is 38.8 Å². The lowest BCUT2D eigenvalue weighted by Crippen LogP contribution is -2.49. The lowest BCUT2D eigenvalue weighted by Gasteiger charge is -2.35. The molecule has 0 saturated heterocycles. The quantitative estimate of drug-likeness (QED) is 0.871. The molecule has 2 aromatic carbocycles. The van der Waals surface area contributed by atoms with Crippen LogP contribution in [0.5, 0.6) is 17.2 Å². The number of rotatable bonds is 6. The zero-order valence-corrected chi connectivity index (χ0v) is 14.4. The first kappa shape index (κ1) is 17.0. The summed E-state index contributed by atoms with van der Waals surface area (Å²) in [5.74, 6) is 2.16. The minimum Gasteiger partial charge on any atom is -0.497 e. The summed E-state index contributed by atoms with van der Waals surface area (Å²) in [7, 11) is 3.25. The third kappa shape index (κ3) is 3.96. The van der Waals surface area contributed by atoms with E-state index < -0.39 is 6.10 Å². The monoisotopic (exact) mass is 342 g/mol. The smallest absolute Gasteiger partial charge is 0.262 e. The van der Waals surface area contributed by atoms with Crippen molar-refractivity contribution in [3.8, 4) is 17.2 Å². The number of carbonyl (C=O) groups excluding carboxylic acids is 1. The van der Waals surface area contributed by atoms with Gasteiger partial charge >= 0.3 is 0 Å². The third-order valence-electron chi connectivity index (χ3n) is 4.09. The molecule has 1 aliphatic heterocycles. The van der Waals surface area contributed by atoms with E-state index in [9.17, 15) is 4.79 Å². The largest absolute Gasteiger partial charge is 0.497 e. The van der Waals surface area contributed by atoms with Crippen LogP contribution in [-0.2, 0) is 4.79 Å². The van der Waals surface area contributed by atoms with Gasteiger partial charge in [0.05, 0.1) is 25.9 Å². The van der Waals surface area contributed by atoms with Gasteiger partial charge in [-0.2, -0.15) is 0 Å². The van der Waals surface area contributed by atoms with Gasteiger partial charge in [-0.1, -0.05) is 12.1 Å². The summed E-state index contributed by atoms with van der Waals surface area (Å²) in [5, 5.41) is 2.65. The number of nitrogens with one attached hydrogen (secondary N) is 1. The summed E-state index contributed by atoms with van der Waals surface area (Å²) in [6.07, 6.45) is -0.527. The van der Waals surface area contributed by atoms with E-state index in [4.69, 9.17) is 14.2 Å². The van der Waals surface area contributed by atoms with E-state index in [2.05, 4.69) is 10.2 Å². The Morgan fingerprint density at radius 3 is 2.64 bits per heavy atom. The van der Waals surface area contributed by atoms with Crippen LogP contribution in [-0.4, -0.2) is 45.9 Å². The normalized spacial score (nSPS) is 15.8. The molecular weight excluding hydrogens is 320 g/mol. The van der Waals surface area contributed by atoms with Crippen molar-refractivity contribution >= 4 is 11.6 Å². The number of benzene rings is 2. The first-order chi connectivity index (χ1) is 12.2. The Bertz CT molecular complexity index is 718. The molecule has 1 heterocycles. The summed E-state index contributed by atoms with van der Waals surface area (Å²) in [6, 6.07) is 15.2. The van der Waals surface area contributed by atoms with Crippen LogP contribution in [0.1, 0.15) is 0 Å². The fraction of sp³-hybridized carbons (Fsp3) is 0.316. The highest BCUT2D eigenvalue weighted by Gasteiger charge is 2.29. The first-order valence-electron chi connectivity index (χ1n) is 8.20. The van der Waals surface area contributed by atoms with E-state index >= 15 is 0 Å². The maximum absolute atomic E-state index is 12.0. The van der Waals surface area contributed by atoms with Gasteiger partial charge in [-0.15, -0.1) is 0 Å². The molecule has 3 rings (SSSR count). The molecule has 0 saturated carbocycles. The molecule has 1 atom stereocenters. The van der Waals surface area contributed by atoms with E-state index in [0.29, 0.717) is 25.4 Å². The van der Waals surface area contributed by atoms with Crippen LogP contribution in [0, 0.1) is 0 Å². The molecule has 0 radical (unpaired) electrons. The molecule has 132 valence electrons. The molecule has 0 aromatic heterocycles. The number of para-hydroxylation sites is 2. The second kappa shape index (κ2) is 7.79. The Balaban J connectivity index is 1.64. The van der Waals surface area contributed by atoms with Gasteiger partial charge in [-0.3, -0.25) is 4.79 Å². The molecule has 1 N–H and O–H groups in total. The topological polar surface area (TPSA) is 60.0 Å². The van der Waals surface area contributed by atoms with Gasteiger partial charge in [0, 0.05) is 7.05 Å². The molecule has 1 aliphatic rings. The maximum atomic E-state index is 12.0. The lowest BCUT2D eigenvalue weighted by atomic mass is 10.2. The molecule has 25 heavy (non-hydrogen) atoms. The number of hydrogen-bond acceptors (Lipinski definition) is 5. The van der Waals surface area contributed by atoms with Crippen LogP contribution in [0.2, 0.25) is 0 Å². The highest BCUT2D eigenvalue weighted by molar-refractivity contribution is 5.83. The molecule has 6 heteroatoms. The summed E-state index contributed by atoms with van der Waals surface area (Å²) in [4.78, 5) is 14.1. The van der Waals surface area contributed by atoms with Crippen molar-refractivity contribution in [2.45, 2.75) is 6.10 Å². The lowest BCUT2D eigenvalue weighted by molar-refractivity contribution is -0.127. The SMILES string of the molecule is CNC(=O)[C@@H]1CN(CCOc2ccc(OC)cc2)c2ccccc2O1. The Morgan fingerprint density at radius 2 is 1.92 bits per heavy atom. The number of nitrogens with zero attached hydrogens (tertiary/aromatic N) is 1. The molecule has 0 bridgehead atoms. The van der Waals surface area contributed by atoms with Gasteiger partial charge in [0.1, 0.15) is 23.9 Å². The number of likely N-dealkylation sites (N-methyl/N-ethyl adjacent to an activating group) is 1. The van der Waals surface area contributed by atoms with Crippen LogP contribution >= 0.6 is 0 Å². The molecule has 0 spiro atoms. The predicted molar refractivity (Wildman–Crippen MR) is 95.6 cm³/mol. The highest BCUT2D eigenvalue weighted by atomic mass is 16.5. The number of ether oxygens (including phenoxy) is 3. The number of amides is 1. The standard InChI is InChI=1S/C19H22N2O4/c1-20-19(22)18-13-21(16-5-3-4-6-17(16)25-18)11-12-24-15-9-7-14(23-2)8-10-15/h3-10,18H,11-13H2,1-2H3,(H,20,22)/t18-/m0/s1. The summed E-state index contributed by atoms with van der Waals surface area (Å²) in [5.41, 5.74) is 0.973. The van der Waals surface area contributed by atoms with Crippen LogP contribution in [0.3, 0.4) is 0 Å². The fourth-order valence-electron chi connectivity index (χ4n) is 2.76. The number of methoxy groups -OCH3 is 1. The second-order valence-electron chi connectivity index (χ2n) is 5.66. The van der Waals surface area contributed by atoms with E-state index in [1.165, 1.54) is 0 Å². The summed E-state index contributed by atoms with van der Waals surface area (Å²) < 4.78 is 16.7. The molecular formula is C19H22N2O4. The number of anilines is 1. The average molecular weight is 342 g/mol. The van der Waals surface area contributed by atoms with Crippen LogP contribution in [0.25, 0.3) is 0 Å². The zero-order chi connectivity index (χ0) is 17.6. The minimum atomic E-state index is -0.527. The molecule has 0 unspecified atom stereocenters. The van der Waals surface area contributed by atoms with E-state index in [1.807, 2.05) is 48.5 Å². The third-order valence-corrected chi connectivity index (χ3v) is 4.09. The van der Waals surface area contributed by atoms with Crippen molar-refractivity contribution < 1.29 is 19.0 Å². The van der Waals surface area contributed by atoms with Crippen LogP contribution < -0.4 is 24.4 Å². The van der Waals surface area contributed by atoms with E-state index in [0.717, 1.165) is 17.2 Å². The fourth-order valence-corrected chi connectivity index (χ4v) is 2.76. The van der Waals surface area contributed by atoms with Crippen molar-refractivity contribution in [3.63, 3.8) is 0 Å². The van der Waals surface area contributed by atoms with Crippen molar-refractivity contribution in [3.05, 3.63) is 48.5 Å². The van der Waals surface area contributed by atoms with Crippen molar-refractivity contribution in [2.24, 2.45) is 0 Å². The average Bonchev–Trinajstić information content (AvgIpc) is 2.67. The van der Waals surface area contributed by atoms with Gasteiger partial charge in [0.25, 0.3) is 5.91 Å². The highest BCUT2D eigenvalue weighted by Crippen LogP contribution is 2.32.